The molecule has 2 rings (SSSR count). The van der Waals surface area contributed by atoms with Gasteiger partial charge in [-0.3, -0.25) is 0 Å². The third-order valence-electron chi connectivity index (χ3n) is 2.41. The van der Waals surface area contributed by atoms with Crippen LogP contribution in [0, 0.1) is 0 Å². The fraction of sp³-hybridized carbons (Fsp3) is 0.500. The minimum absolute atomic E-state index is 0.0972. The molecule has 0 radical (unpaired) electrons. The summed E-state index contributed by atoms with van der Waals surface area (Å²) in [6.45, 7) is 4.16. The molecule has 1 aliphatic rings. The Morgan fingerprint density at radius 2 is 2.21 bits per heavy atom. The molecule has 0 aliphatic carbocycles. The van der Waals surface area contributed by atoms with E-state index in [4.69, 9.17) is 5.73 Å². The third kappa shape index (κ3) is 2.31. The molecular formula is C12H17NS. The SMILES string of the molecule is CC(C)(N)Cc1ccc2c(c1)CCS2. The van der Waals surface area contributed by atoms with Crippen molar-refractivity contribution >= 4 is 11.8 Å². The molecule has 14 heavy (non-hydrogen) atoms. The topological polar surface area (TPSA) is 26.0 Å². The van der Waals surface area contributed by atoms with Crippen molar-refractivity contribution in [3.8, 4) is 0 Å². The minimum atomic E-state index is -0.0972. The first kappa shape index (κ1) is 10.1. The normalized spacial score (nSPS) is 15.6. The van der Waals surface area contributed by atoms with Crippen LogP contribution in [0.3, 0.4) is 0 Å². The van der Waals surface area contributed by atoms with Crippen molar-refractivity contribution in [3.05, 3.63) is 29.3 Å². The van der Waals surface area contributed by atoms with Gasteiger partial charge >= 0.3 is 0 Å². The summed E-state index contributed by atoms with van der Waals surface area (Å²) in [5.74, 6) is 1.24. The molecule has 1 heterocycles. The van der Waals surface area contributed by atoms with Crippen LogP contribution in [-0.4, -0.2) is 11.3 Å². The van der Waals surface area contributed by atoms with Crippen LogP contribution in [0.25, 0.3) is 0 Å². The molecule has 0 aromatic heterocycles. The number of hydrogen-bond acceptors (Lipinski definition) is 2. The summed E-state index contributed by atoms with van der Waals surface area (Å²) >= 11 is 1.96. The fourth-order valence-electron chi connectivity index (χ4n) is 1.88. The summed E-state index contributed by atoms with van der Waals surface area (Å²) in [7, 11) is 0. The molecule has 76 valence electrons. The predicted octanol–water partition coefficient (Wildman–Crippen LogP) is 2.61. The Bertz CT molecular complexity index is 339. The summed E-state index contributed by atoms with van der Waals surface area (Å²) < 4.78 is 0. The smallest absolute Gasteiger partial charge is 0.0138 e. The highest BCUT2D eigenvalue weighted by Crippen LogP contribution is 2.32. The third-order valence-corrected chi connectivity index (χ3v) is 3.53. The van der Waals surface area contributed by atoms with Crippen molar-refractivity contribution in [2.75, 3.05) is 5.75 Å². The van der Waals surface area contributed by atoms with E-state index < -0.39 is 0 Å². The van der Waals surface area contributed by atoms with Crippen LogP contribution in [0.2, 0.25) is 0 Å². The molecule has 1 nitrogen and oxygen atoms in total. The van der Waals surface area contributed by atoms with Crippen LogP contribution in [0.15, 0.2) is 23.1 Å². The molecule has 1 aliphatic heterocycles. The fourth-order valence-corrected chi connectivity index (χ4v) is 2.93. The number of nitrogens with two attached hydrogens (primary N) is 1. The summed E-state index contributed by atoms with van der Waals surface area (Å²) in [5.41, 5.74) is 8.79. The predicted molar refractivity (Wildman–Crippen MR) is 62.8 cm³/mol. The average molecular weight is 207 g/mol. The largest absolute Gasteiger partial charge is 0.325 e. The van der Waals surface area contributed by atoms with Gasteiger partial charge < -0.3 is 5.73 Å². The number of benzene rings is 1. The first-order valence-electron chi connectivity index (χ1n) is 5.08. The van der Waals surface area contributed by atoms with Gasteiger partial charge in [0.2, 0.25) is 0 Å². The quantitative estimate of drug-likeness (QED) is 0.806. The van der Waals surface area contributed by atoms with E-state index in [-0.39, 0.29) is 5.54 Å². The van der Waals surface area contributed by atoms with Gasteiger partial charge in [0.05, 0.1) is 0 Å². The lowest BCUT2D eigenvalue weighted by molar-refractivity contribution is 0.516. The van der Waals surface area contributed by atoms with Crippen LogP contribution in [-0.2, 0) is 12.8 Å². The Labute approximate surface area is 90.1 Å². The van der Waals surface area contributed by atoms with Gasteiger partial charge in [0.1, 0.15) is 0 Å². The van der Waals surface area contributed by atoms with E-state index in [2.05, 4.69) is 32.0 Å². The minimum Gasteiger partial charge on any atom is -0.325 e. The summed E-state index contributed by atoms with van der Waals surface area (Å²) in [6, 6.07) is 6.78. The van der Waals surface area contributed by atoms with Gasteiger partial charge in [0, 0.05) is 16.2 Å². The summed E-state index contributed by atoms with van der Waals surface area (Å²) in [5, 5.41) is 0. The number of rotatable bonds is 2. The molecule has 0 atom stereocenters. The highest BCUT2D eigenvalue weighted by molar-refractivity contribution is 7.99. The van der Waals surface area contributed by atoms with Crippen LogP contribution in [0.4, 0.5) is 0 Å². The maximum atomic E-state index is 6.01. The second-order valence-electron chi connectivity index (χ2n) is 4.71. The van der Waals surface area contributed by atoms with E-state index in [1.54, 1.807) is 0 Å². The van der Waals surface area contributed by atoms with Crippen LogP contribution >= 0.6 is 11.8 Å². The first-order chi connectivity index (χ1) is 6.54. The van der Waals surface area contributed by atoms with E-state index >= 15 is 0 Å². The Morgan fingerprint density at radius 3 is 2.93 bits per heavy atom. The summed E-state index contributed by atoms with van der Waals surface area (Å²) in [6.07, 6.45) is 2.18. The molecule has 2 N–H and O–H groups in total. The van der Waals surface area contributed by atoms with Crippen molar-refractivity contribution in [3.63, 3.8) is 0 Å². The van der Waals surface area contributed by atoms with Gasteiger partial charge in [-0.1, -0.05) is 12.1 Å². The standard InChI is InChI=1S/C12H17NS/c1-12(2,13)8-9-3-4-11-10(7-9)5-6-14-11/h3-4,7H,5-6,8,13H2,1-2H3. The van der Waals surface area contributed by atoms with Gasteiger partial charge in [0.25, 0.3) is 0 Å². The number of aryl methyl sites for hydroxylation is 1. The molecule has 0 fully saturated rings. The van der Waals surface area contributed by atoms with Gasteiger partial charge in [-0.15, -0.1) is 11.8 Å². The van der Waals surface area contributed by atoms with Gasteiger partial charge in [-0.2, -0.15) is 0 Å². The van der Waals surface area contributed by atoms with Crippen molar-refractivity contribution in [1.82, 2.24) is 0 Å². The highest BCUT2D eigenvalue weighted by Gasteiger charge is 2.15. The molecule has 0 amide bonds. The lowest BCUT2D eigenvalue weighted by Gasteiger charge is -2.18. The van der Waals surface area contributed by atoms with Crippen LogP contribution < -0.4 is 5.73 Å². The van der Waals surface area contributed by atoms with E-state index in [0.29, 0.717) is 0 Å². The second-order valence-corrected chi connectivity index (χ2v) is 5.84. The Hall–Kier alpha value is -0.470. The van der Waals surface area contributed by atoms with Gasteiger partial charge in [-0.05, 0) is 43.9 Å². The summed E-state index contributed by atoms with van der Waals surface area (Å²) in [4.78, 5) is 1.46. The zero-order valence-electron chi connectivity index (χ0n) is 8.84. The van der Waals surface area contributed by atoms with Crippen molar-refractivity contribution < 1.29 is 0 Å². The zero-order chi connectivity index (χ0) is 10.2. The number of hydrogen-bond donors (Lipinski definition) is 1. The Balaban J connectivity index is 2.21. The molecule has 0 spiro atoms. The molecule has 0 saturated carbocycles. The first-order valence-corrected chi connectivity index (χ1v) is 6.07. The molecular weight excluding hydrogens is 190 g/mol. The maximum absolute atomic E-state index is 6.01. The maximum Gasteiger partial charge on any atom is 0.0138 e. The lowest BCUT2D eigenvalue weighted by Crippen LogP contribution is -2.34. The molecule has 2 heteroatoms. The lowest BCUT2D eigenvalue weighted by atomic mass is 9.95. The van der Waals surface area contributed by atoms with Crippen LogP contribution in [0.1, 0.15) is 25.0 Å². The van der Waals surface area contributed by atoms with Gasteiger partial charge in [0.15, 0.2) is 0 Å². The van der Waals surface area contributed by atoms with E-state index in [0.717, 1.165) is 6.42 Å². The monoisotopic (exact) mass is 207 g/mol. The van der Waals surface area contributed by atoms with E-state index in [1.807, 2.05) is 11.8 Å². The molecule has 0 saturated heterocycles. The zero-order valence-corrected chi connectivity index (χ0v) is 9.66. The van der Waals surface area contributed by atoms with Gasteiger partial charge in [-0.25, -0.2) is 0 Å². The highest BCUT2D eigenvalue weighted by atomic mass is 32.2. The molecule has 1 aromatic carbocycles. The van der Waals surface area contributed by atoms with Crippen molar-refractivity contribution in [2.24, 2.45) is 5.73 Å². The second kappa shape index (κ2) is 3.59. The number of fused-ring (bicyclic) bond motifs is 1. The number of thioether (sulfide) groups is 1. The van der Waals surface area contributed by atoms with E-state index in [9.17, 15) is 0 Å². The van der Waals surface area contributed by atoms with Crippen molar-refractivity contribution in [1.29, 1.82) is 0 Å². The van der Waals surface area contributed by atoms with E-state index in [1.165, 1.54) is 28.2 Å². The average Bonchev–Trinajstić information content (AvgIpc) is 2.47. The molecule has 1 aromatic rings. The van der Waals surface area contributed by atoms with Crippen molar-refractivity contribution in [2.45, 2.75) is 37.1 Å². The molecule has 0 bridgehead atoms. The Kier molecular flexibility index (Phi) is 2.58. The van der Waals surface area contributed by atoms with Crippen LogP contribution in [0.5, 0.6) is 0 Å². The molecule has 0 unspecified atom stereocenters. The Morgan fingerprint density at radius 1 is 1.43 bits per heavy atom.